The lowest BCUT2D eigenvalue weighted by Crippen LogP contribution is -2.14. The van der Waals surface area contributed by atoms with Gasteiger partial charge in [0.05, 0.1) is 5.56 Å². The van der Waals surface area contributed by atoms with Gasteiger partial charge in [0, 0.05) is 22.7 Å². The molecule has 0 saturated carbocycles. The molecule has 4 nitrogen and oxygen atoms in total. The number of pyridine rings is 3. The van der Waals surface area contributed by atoms with Gasteiger partial charge in [-0.3, -0.25) is 9.38 Å². The molecular formula is C19H12F6N4S. The number of thioether (sulfide) groups is 1. The van der Waals surface area contributed by atoms with Crippen molar-refractivity contribution in [2.45, 2.75) is 24.2 Å². The highest BCUT2D eigenvalue weighted by Crippen LogP contribution is 2.39. The van der Waals surface area contributed by atoms with E-state index in [-0.39, 0.29) is 11.7 Å². The van der Waals surface area contributed by atoms with E-state index < -0.39 is 34.6 Å². The number of imidazole rings is 1. The molecule has 0 saturated heterocycles. The summed E-state index contributed by atoms with van der Waals surface area (Å²) in [6, 6.07) is 5.98. The molecule has 4 aromatic rings. The van der Waals surface area contributed by atoms with Crippen LogP contribution in [-0.4, -0.2) is 25.1 Å². The van der Waals surface area contributed by atoms with E-state index in [1.54, 1.807) is 12.3 Å². The van der Waals surface area contributed by atoms with E-state index in [0.29, 0.717) is 11.4 Å². The summed E-state index contributed by atoms with van der Waals surface area (Å²) < 4.78 is 81.2. The first kappa shape index (κ1) is 20.5. The minimum absolute atomic E-state index is 0.0285. The number of nitrogens with zero attached hydrogens (tertiary/aromatic N) is 4. The van der Waals surface area contributed by atoms with Gasteiger partial charge in [0.2, 0.25) is 0 Å². The van der Waals surface area contributed by atoms with Crippen LogP contribution in [0, 0.1) is 0 Å². The molecule has 11 heteroatoms. The van der Waals surface area contributed by atoms with Crippen molar-refractivity contribution in [3.05, 3.63) is 54.0 Å². The summed E-state index contributed by atoms with van der Waals surface area (Å²) in [4.78, 5) is 12.9. The van der Waals surface area contributed by atoms with Crippen molar-refractivity contribution >= 4 is 28.4 Å². The molecule has 4 aromatic heterocycles. The van der Waals surface area contributed by atoms with Gasteiger partial charge < -0.3 is 0 Å². The molecule has 0 aliphatic heterocycles. The van der Waals surface area contributed by atoms with Gasteiger partial charge in [0.15, 0.2) is 0 Å². The second kappa shape index (κ2) is 7.15. The molecule has 0 aromatic carbocycles. The van der Waals surface area contributed by atoms with Crippen molar-refractivity contribution in [1.29, 1.82) is 0 Å². The molecule has 156 valence electrons. The number of aromatic nitrogens is 4. The van der Waals surface area contributed by atoms with Crippen LogP contribution in [0.15, 0.2) is 47.6 Å². The lowest BCUT2D eigenvalue weighted by Gasteiger charge is -2.14. The summed E-state index contributed by atoms with van der Waals surface area (Å²) in [5.74, 6) is 0.750. The molecule has 4 heterocycles. The van der Waals surface area contributed by atoms with Crippen LogP contribution < -0.4 is 0 Å². The Labute approximate surface area is 170 Å². The number of hydrogen-bond donors (Lipinski definition) is 0. The molecule has 0 spiro atoms. The van der Waals surface area contributed by atoms with Crippen molar-refractivity contribution in [2.75, 3.05) is 5.75 Å². The smallest absolute Gasteiger partial charge is 0.283 e. The minimum atomic E-state index is -5.04. The van der Waals surface area contributed by atoms with Crippen LogP contribution in [0.2, 0.25) is 0 Å². The first-order chi connectivity index (χ1) is 14.1. The highest BCUT2D eigenvalue weighted by Gasteiger charge is 2.39. The number of fused-ring (bicyclic) bond motifs is 3. The summed E-state index contributed by atoms with van der Waals surface area (Å²) in [7, 11) is 0. The number of hydrogen-bond acceptors (Lipinski definition) is 4. The maximum absolute atomic E-state index is 13.5. The third-order valence-electron chi connectivity index (χ3n) is 4.31. The highest BCUT2D eigenvalue weighted by atomic mass is 32.2. The molecule has 30 heavy (non-hydrogen) atoms. The van der Waals surface area contributed by atoms with Crippen LogP contribution in [0.5, 0.6) is 0 Å². The summed E-state index contributed by atoms with van der Waals surface area (Å²) in [5.41, 5.74) is -2.53. The molecule has 0 atom stereocenters. The standard InChI is InChI=1S/C19H12F6N4S/c1-2-30-13-4-3-7-26-16(13)12-9-29-15(27-12)6-5-10-11(18(20,21)22)8-14(19(23,24)25)28-17(10)29/h3-9H,2H2,1H3. The van der Waals surface area contributed by atoms with E-state index in [9.17, 15) is 26.3 Å². The van der Waals surface area contributed by atoms with Crippen LogP contribution in [0.3, 0.4) is 0 Å². The van der Waals surface area contributed by atoms with Crippen LogP contribution in [0.25, 0.3) is 28.1 Å². The van der Waals surface area contributed by atoms with E-state index >= 15 is 0 Å². The zero-order chi connectivity index (χ0) is 21.7. The lowest BCUT2D eigenvalue weighted by atomic mass is 10.1. The van der Waals surface area contributed by atoms with Crippen LogP contribution in [-0.2, 0) is 12.4 Å². The molecule has 0 amide bonds. The Hall–Kier alpha value is -2.82. The topological polar surface area (TPSA) is 43.1 Å². The van der Waals surface area contributed by atoms with Gasteiger partial charge in [-0.1, -0.05) is 6.92 Å². The quantitative estimate of drug-likeness (QED) is 0.284. The highest BCUT2D eigenvalue weighted by molar-refractivity contribution is 7.99. The summed E-state index contributed by atoms with van der Waals surface area (Å²) in [6.45, 7) is 1.94. The van der Waals surface area contributed by atoms with Gasteiger partial charge in [-0.25, -0.2) is 9.97 Å². The van der Waals surface area contributed by atoms with E-state index in [1.807, 2.05) is 13.0 Å². The third kappa shape index (κ3) is 3.57. The second-order valence-electron chi connectivity index (χ2n) is 6.26. The first-order valence-corrected chi connectivity index (χ1v) is 9.63. The average molecular weight is 442 g/mol. The average Bonchev–Trinajstić information content (AvgIpc) is 3.11. The van der Waals surface area contributed by atoms with E-state index in [1.165, 1.54) is 24.0 Å². The molecule has 0 aliphatic rings. The zero-order valence-electron chi connectivity index (χ0n) is 15.2. The lowest BCUT2D eigenvalue weighted by molar-refractivity contribution is -0.144. The molecule has 0 fully saturated rings. The van der Waals surface area contributed by atoms with Gasteiger partial charge in [0.1, 0.15) is 28.4 Å². The fraction of sp³-hybridized carbons (Fsp3) is 0.211. The zero-order valence-corrected chi connectivity index (χ0v) is 16.0. The maximum atomic E-state index is 13.5. The third-order valence-corrected chi connectivity index (χ3v) is 5.24. The van der Waals surface area contributed by atoms with Gasteiger partial charge in [-0.2, -0.15) is 26.3 Å². The number of alkyl halides is 6. The van der Waals surface area contributed by atoms with Crippen molar-refractivity contribution in [2.24, 2.45) is 0 Å². The van der Waals surface area contributed by atoms with Crippen LogP contribution >= 0.6 is 11.8 Å². The van der Waals surface area contributed by atoms with Gasteiger partial charge in [0.25, 0.3) is 0 Å². The van der Waals surface area contributed by atoms with Crippen LogP contribution in [0.4, 0.5) is 26.3 Å². The van der Waals surface area contributed by atoms with E-state index in [4.69, 9.17) is 0 Å². The SMILES string of the molecule is CCSc1cccnc1-c1cn2c(ccc3c(C(F)(F)F)cc(C(F)(F)F)nc32)n1. The fourth-order valence-electron chi connectivity index (χ4n) is 3.08. The van der Waals surface area contributed by atoms with Crippen molar-refractivity contribution < 1.29 is 26.3 Å². The molecule has 0 N–H and O–H groups in total. The monoisotopic (exact) mass is 442 g/mol. The Kier molecular flexibility index (Phi) is 4.88. The van der Waals surface area contributed by atoms with Crippen molar-refractivity contribution in [3.63, 3.8) is 0 Å². The summed E-state index contributed by atoms with van der Waals surface area (Å²) in [6.07, 6.45) is -7.12. The molecular weight excluding hydrogens is 430 g/mol. The van der Waals surface area contributed by atoms with Gasteiger partial charge >= 0.3 is 12.4 Å². The number of halogens is 6. The maximum Gasteiger partial charge on any atom is 0.433 e. The molecule has 0 aliphatic carbocycles. The first-order valence-electron chi connectivity index (χ1n) is 8.65. The normalized spacial score (nSPS) is 12.8. The Morgan fingerprint density at radius 3 is 2.43 bits per heavy atom. The van der Waals surface area contributed by atoms with Crippen molar-refractivity contribution in [1.82, 2.24) is 19.4 Å². The largest absolute Gasteiger partial charge is 0.433 e. The molecule has 0 unspecified atom stereocenters. The van der Waals surface area contributed by atoms with Gasteiger partial charge in [-0.05, 0) is 36.1 Å². The molecule has 0 bridgehead atoms. The Balaban J connectivity index is 2.03. The Bertz CT molecular complexity index is 1250. The van der Waals surface area contributed by atoms with E-state index in [2.05, 4.69) is 15.0 Å². The Morgan fingerprint density at radius 2 is 1.77 bits per heavy atom. The molecule has 0 radical (unpaired) electrons. The predicted octanol–water partition coefficient (Wildman–Crippen LogP) is 6.09. The predicted molar refractivity (Wildman–Crippen MR) is 100 cm³/mol. The van der Waals surface area contributed by atoms with Crippen molar-refractivity contribution in [3.8, 4) is 11.4 Å². The summed E-state index contributed by atoms with van der Waals surface area (Å²) >= 11 is 1.50. The van der Waals surface area contributed by atoms with Gasteiger partial charge in [-0.15, -0.1) is 11.8 Å². The van der Waals surface area contributed by atoms with Crippen LogP contribution in [0.1, 0.15) is 18.2 Å². The van der Waals surface area contributed by atoms with E-state index in [0.717, 1.165) is 21.1 Å². The number of rotatable bonds is 3. The minimum Gasteiger partial charge on any atom is -0.283 e. The fourth-order valence-corrected chi connectivity index (χ4v) is 3.86. The second-order valence-corrected chi connectivity index (χ2v) is 7.56. The Morgan fingerprint density at radius 1 is 1.00 bits per heavy atom. The molecule has 4 rings (SSSR count). The summed E-state index contributed by atoms with van der Waals surface area (Å²) in [5, 5.41) is -0.448.